The van der Waals surface area contributed by atoms with Gasteiger partial charge in [0.15, 0.2) is 4.77 Å². The molecule has 0 radical (unpaired) electrons. The number of methoxy groups -OCH3 is 1. The van der Waals surface area contributed by atoms with Gasteiger partial charge in [-0.3, -0.25) is 0 Å². The SMILES string of the molecule is COC(=O)C(C(C)C)n1c(=S)[nH]c2c(F)cccc21. The summed E-state index contributed by atoms with van der Waals surface area (Å²) in [5.41, 5.74) is 0.871. The number of para-hydroxylation sites is 1. The average Bonchev–Trinajstić information content (AvgIpc) is 2.68. The standard InChI is InChI=1S/C13H15FN2O2S/c1-7(2)11(12(17)18-3)16-9-6-4-5-8(14)10(9)15-13(16)19/h4-7,11H,1-3H3,(H,15,19). The third kappa shape index (κ3) is 2.28. The summed E-state index contributed by atoms with van der Waals surface area (Å²) < 4.78 is 20.5. The zero-order chi connectivity index (χ0) is 14.2. The molecule has 1 aromatic carbocycles. The molecule has 1 heterocycles. The first kappa shape index (κ1) is 13.7. The fourth-order valence-corrected chi connectivity index (χ4v) is 2.50. The second-order valence-corrected chi connectivity index (χ2v) is 5.03. The van der Waals surface area contributed by atoms with Crippen LogP contribution in [0.15, 0.2) is 18.2 Å². The Hall–Kier alpha value is -1.69. The molecule has 0 fully saturated rings. The van der Waals surface area contributed by atoms with E-state index in [-0.39, 0.29) is 5.92 Å². The van der Waals surface area contributed by atoms with Gasteiger partial charge in [-0.15, -0.1) is 0 Å². The van der Waals surface area contributed by atoms with Crippen LogP contribution >= 0.6 is 12.2 Å². The van der Waals surface area contributed by atoms with Gasteiger partial charge >= 0.3 is 5.97 Å². The molecule has 0 aliphatic carbocycles. The highest BCUT2D eigenvalue weighted by molar-refractivity contribution is 7.71. The van der Waals surface area contributed by atoms with E-state index >= 15 is 0 Å². The van der Waals surface area contributed by atoms with E-state index in [9.17, 15) is 9.18 Å². The molecule has 0 saturated heterocycles. The number of nitrogens with one attached hydrogen (secondary N) is 1. The van der Waals surface area contributed by atoms with Crippen molar-refractivity contribution < 1.29 is 13.9 Å². The molecule has 0 amide bonds. The Balaban J connectivity index is 2.73. The van der Waals surface area contributed by atoms with Crippen LogP contribution in [0.5, 0.6) is 0 Å². The molecule has 1 aromatic heterocycles. The van der Waals surface area contributed by atoms with Crippen molar-refractivity contribution in [2.75, 3.05) is 7.11 Å². The average molecular weight is 282 g/mol. The van der Waals surface area contributed by atoms with E-state index in [0.29, 0.717) is 15.8 Å². The molecule has 4 nitrogen and oxygen atoms in total. The van der Waals surface area contributed by atoms with Crippen LogP contribution < -0.4 is 0 Å². The lowest BCUT2D eigenvalue weighted by Gasteiger charge is -2.20. The van der Waals surface area contributed by atoms with Gasteiger partial charge in [0.25, 0.3) is 0 Å². The first-order valence-corrected chi connectivity index (χ1v) is 6.34. The predicted octanol–water partition coefficient (Wildman–Crippen LogP) is 3.21. The molecule has 102 valence electrons. The Morgan fingerprint density at radius 1 is 1.47 bits per heavy atom. The van der Waals surface area contributed by atoms with Gasteiger partial charge in [0.05, 0.1) is 12.6 Å². The van der Waals surface area contributed by atoms with Crippen LogP contribution in [0.3, 0.4) is 0 Å². The number of fused-ring (bicyclic) bond motifs is 1. The van der Waals surface area contributed by atoms with Crippen LogP contribution in [-0.2, 0) is 9.53 Å². The van der Waals surface area contributed by atoms with E-state index in [0.717, 1.165) is 0 Å². The molecule has 1 unspecified atom stereocenters. The first-order chi connectivity index (χ1) is 8.97. The molecule has 0 spiro atoms. The molecule has 1 N–H and O–H groups in total. The molecule has 2 aromatic rings. The number of carbonyl (C=O) groups excluding carboxylic acids is 1. The Labute approximate surface area is 115 Å². The molecule has 6 heteroatoms. The summed E-state index contributed by atoms with van der Waals surface area (Å²) in [5, 5.41) is 0. The Bertz CT molecular complexity index is 675. The minimum absolute atomic E-state index is 0.0265. The van der Waals surface area contributed by atoms with Crippen molar-refractivity contribution in [2.24, 2.45) is 5.92 Å². The Morgan fingerprint density at radius 2 is 2.16 bits per heavy atom. The van der Waals surface area contributed by atoms with Crippen molar-refractivity contribution in [3.8, 4) is 0 Å². The highest BCUT2D eigenvalue weighted by atomic mass is 32.1. The van der Waals surface area contributed by atoms with Gasteiger partial charge in [0.2, 0.25) is 0 Å². The summed E-state index contributed by atoms with van der Waals surface area (Å²) in [6.07, 6.45) is 0. The van der Waals surface area contributed by atoms with Crippen molar-refractivity contribution in [1.82, 2.24) is 9.55 Å². The Morgan fingerprint density at radius 3 is 2.74 bits per heavy atom. The van der Waals surface area contributed by atoms with Gasteiger partial charge in [-0.25, -0.2) is 9.18 Å². The van der Waals surface area contributed by atoms with Crippen LogP contribution in [0.2, 0.25) is 0 Å². The molecule has 0 aliphatic heterocycles. The number of aromatic nitrogens is 2. The van der Waals surface area contributed by atoms with Crippen LogP contribution in [0.4, 0.5) is 4.39 Å². The summed E-state index contributed by atoms with van der Waals surface area (Å²) in [7, 11) is 1.33. The number of rotatable bonds is 3. The number of aromatic amines is 1. The maximum absolute atomic E-state index is 13.7. The number of nitrogens with zero attached hydrogens (tertiary/aromatic N) is 1. The summed E-state index contributed by atoms with van der Waals surface area (Å²) in [6, 6.07) is 4.09. The summed E-state index contributed by atoms with van der Waals surface area (Å²) >= 11 is 5.21. The number of ether oxygens (including phenoxy) is 1. The number of carbonyl (C=O) groups is 1. The normalized spacial score (nSPS) is 12.9. The summed E-state index contributed by atoms with van der Waals surface area (Å²) in [4.78, 5) is 14.7. The molecular formula is C13H15FN2O2S. The minimum Gasteiger partial charge on any atom is -0.467 e. The number of hydrogen-bond acceptors (Lipinski definition) is 3. The highest BCUT2D eigenvalue weighted by Gasteiger charge is 2.27. The van der Waals surface area contributed by atoms with Crippen molar-refractivity contribution in [1.29, 1.82) is 0 Å². The monoisotopic (exact) mass is 282 g/mol. The molecule has 0 aliphatic rings. The second-order valence-electron chi connectivity index (χ2n) is 4.65. The molecule has 0 saturated carbocycles. The highest BCUT2D eigenvalue weighted by Crippen LogP contribution is 2.26. The molecule has 19 heavy (non-hydrogen) atoms. The predicted molar refractivity (Wildman–Crippen MR) is 73.0 cm³/mol. The van der Waals surface area contributed by atoms with E-state index in [1.807, 2.05) is 13.8 Å². The van der Waals surface area contributed by atoms with E-state index in [2.05, 4.69) is 4.98 Å². The number of benzene rings is 1. The van der Waals surface area contributed by atoms with Crippen molar-refractivity contribution >= 4 is 29.2 Å². The minimum atomic E-state index is -0.576. The summed E-state index contributed by atoms with van der Waals surface area (Å²) in [5.74, 6) is -0.813. The van der Waals surface area contributed by atoms with Crippen molar-refractivity contribution in [3.05, 3.63) is 28.8 Å². The zero-order valence-corrected chi connectivity index (χ0v) is 11.8. The fraction of sp³-hybridized carbons (Fsp3) is 0.385. The van der Waals surface area contributed by atoms with Crippen LogP contribution in [0.25, 0.3) is 11.0 Å². The zero-order valence-electron chi connectivity index (χ0n) is 10.9. The third-order valence-electron chi connectivity index (χ3n) is 3.05. The summed E-state index contributed by atoms with van der Waals surface area (Å²) in [6.45, 7) is 3.78. The molecule has 0 bridgehead atoms. The molecule has 1 atom stereocenters. The van der Waals surface area contributed by atoms with Gasteiger partial charge in [0, 0.05) is 0 Å². The Kier molecular flexibility index (Phi) is 3.71. The van der Waals surface area contributed by atoms with E-state index < -0.39 is 17.8 Å². The number of hydrogen-bond donors (Lipinski definition) is 1. The third-order valence-corrected chi connectivity index (χ3v) is 3.35. The lowest BCUT2D eigenvalue weighted by Crippen LogP contribution is -2.25. The topological polar surface area (TPSA) is 47.0 Å². The molecular weight excluding hydrogens is 267 g/mol. The van der Waals surface area contributed by atoms with Gasteiger partial charge in [-0.2, -0.15) is 0 Å². The van der Waals surface area contributed by atoms with Gasteiger partial charge in [-0.05, 0) is 30.3 Å². The smallest absolute Gasteiger partial charge is 0.329 e. The first-order valence-electron chi connectivity index (χ1n) is 5.94. The van der Waals surface area contributed by atoms with Crippen LogP contribution in [-0.4, -0.2) is 22.6 Å². The van der Waals surface area contributed by atoms with E-state index in [1.165, 1.54) is 13.2 Å². The largest absolute Gasteiger partial charge is 0.467 e. The van der Waals surface area contributed by atoms with Crippen molar-refractivity contribution in [2.45, 2.75) is 19.9 Å². The number of H-pyrrole nitrogens is 1. The van der Waals surface area contributed by atoms with Crippen LogP contribution in [0.1, 0.15) is 19.9 Å². The van der Waals surface area contributed by atoms with Gasteiger partial charge in [0.1, 0.15) is 17.4 Å². The fourth-order valence-electron chi connectivity index (χ4n) is 2.19. The van der Waals surface area contributed by atoms with Gasteiger partial charge < -0.3 is 14.3 Å². The lowest BCUT2D eigenvalue weighted by molar-refractivity contribution is -0.145. The maximum Gasteiger partial charge on any atom is 0.329 e. The van der Waals surface area contributed by atoms with Crippen LogP contribution in [0, 0.1) is 16.5 Å². The quantitative estimate of drug-likeness (QED) is 0.694. The lowest BCUT2D eigenvalue weighted by atomic mass is 10.0. The van der Waals surface area contributed by atoms with Gasteiger partial charge in [-0.1, -0.05) is 19.9 Å². The van der Waals surface area contributed by atoms with E-state index in [4.69, 9.17) is 17.0 Å². The van der Waals surface area contributed by atoms with Crippen molar-refractivity contribution in [3.63, 3.8) is 0 Å². The molecule has 2 rings (SSSR count). The number of esters is 1. The second kappa shape index (κ2) is 5.13. The number of halogens is 1. The van der Waals surface area contributed by atoms with E-state index in [1.54, 1.807) is 16.7 Å². The number of imidazole rings is 1. The maximum atomic E-state index is 13.7.